The fourth-order valence-corrected chi connectivity index (χ4v) is 11.3. The summed E-state index contributed by atoms with van der Waals surface area (Å²) in [5.74, 6) is -17.7. The van der Waals surface area contributed by atoms with Gasteiger partial charge in [0.2, 0.25) is 0 Å². The van der Waals surface area contributed by atoms with Gasteiger partial charge in [-0.1, -0.05) is 0 Å². The van der Waals surface area contributed by atoms with Crippen molar-refractivity contribution in [3.8, 4) is 0 Å². The van der Waals surface area contributed by atoms with Crippen LogP contribution in [0.25, 0.3) is 0 Å². The monoisotopic (exact) mass is 1500 g/mol. The molecule has 0 aromatic rings. The van der Waals surface area contributed by atoms with Gasteiger partial charge in [-0.2, -0.15) is 0 Å². The molecule has 5 aliphatic rings. The Labute approximate surface area is 591 Å². The summed E-state index contributed by atoms with van der Waals surface area (Å²) in [6.45, 7) is 9.85. The molecule has 0 aromatic carbocycles. The van der Waals surface area contributed by atoms with Gasteiger partial charge in [0.25, 0.3) is 0 Å². The van der Waals surface area contributed by atoms with Gasteiger partial charge in [-0.05, 0) is 0 Å². The van der Waals surface area contributed by atoms with Crippen LogP contribution in [-0.2, 0) is 195 Å². The second-order valence-electron chi connectivity index (χ2n) is 23.5. The first-order valence-corrected chi connectivity index (χ1v) is 31.8. The quantitative estimate of drug-likeness (QED) is 0.0584. The molecule has 0 aliphatic carbocycles. The Hall–Kier alpha value is -8.88. The topological polar surface area (TPSA) is 524 Å². The third-order valence-electron chi connectivity index (χ3n) is 14.7. The number of carbonyl (C=O) groups is 16. The minimum atomic E-state index is -2.45. The van der Waals surface area contributed by atoms with Crippen LogP contribution in [0.15, 0.2) is 0 Å². The van der Waals surface area contributed by atoms with Crippen molar-refractivity contribution in [1.29, 1.82) is 0 Å². The maximum Gasteiger partial charge on any atom is 0.303 e. The third kappa shape index (κ3) is 25.5. The number of aliphatic hydroxyl groups is 1. The van der Waals surface area contributed by atoms with Crippen LogP contribution in [0.4, 0.5) is 0 Å². The molecule has 42 heteroatoms. The molecule has 104 heavy (non-hydrogen) atoms. The highest BCUT2D eigenvalue weighted by Crippen LogP contribution is 2.42. The van der Waals surface area contributed by atoms with Crippen LogP contribution >= 0.6 is 0 Å². The molecule has 5 heterocycles. The highest BCUT2D eigenvalue weighted by atomic mass is 16.8. The molecule has 0 spiro atoms. The van der Waals surface area contributed by atoms with Crippen molar-refractivity contribution in [3.05, 3.63) is 0 Å². The van der Waals surface area contributed by atoms with E-state index in [1.54, 1.807) is 0 Å². The van der Waals surface area contributed by atoms with Crippen LogP contribution in [0.5, 0.6) is 0 Å². The molecular formula is C62H84O42. The highest BCUT2D eigenvalue weighted by Gasteiger charge is 2.63. The lowest BCUT2D eigenvalue weighted by Crippen LogP contribution is -2.70. The molecular weight excluding hydrogens is 1420 g/mol. The van der Waals surface area contributed by atoms with Crippen molar-refractivity contribution in [2.75, 3.05) is 33.0 Å². The highest BCUT2D eigenvalue weighted by molar-refractivity contribution is 5.72. The van der Waals surface area contributed by atoms with E-state index < -0.39 is 282 Å². The second kappa shape index (κ2) is 39.3. The zero-order valence-electron chi connectivity index (χ0n) is 59.2. The van der Waals surface area contributed by atoms with Gasteiger partial charge < -0.3 is 124 Å². The van der Waals surface area contributed by atoms with Crippen molar-refractivity contribution in [2.24, 2.45) is 0 Å². The zero-order chi connectivity index (χ0) is 77.9. The van der Waals surface area contributed by atoms with Gasteiger partial charge in [-0.25, -0.2) is 0 Å². The summed E-state index contributed by atoms with van der Waals surface area (Å²) in [4.78, 5) is 208. The van der Waals surface area contributed by atoms with Crippen LogP contribution in [0, 0.1) is 0 Å². The van der Waals surface area contributed by atoms with Gasteiger partial charge in [0.05, 0.1) is 0 Å². The lowest BCUT2D eigenvalue weighted by atomic mass is 9.94. The Balaban J connectivity index is 1.84. The molecule has 0 saturated carbocycles. The van der Waals surface area contributed by atoms with Crippen molar-refractivity contribution in [3.63, 3.8) is 0 Å². The van der Waals surface area contributed by atoms with E-state index in [1.165, 1.54) is 0 Å². The van der Waals surface area contributed by atoms with Crippen LogP contribution in [0.2, 0.25) is 0 Å². The van der Waals surface area contributed by atoms with E-state index in [0.717, 1.165) is 111 Å². The maximum absolute atomic E-state index is 13.8. The first kappa shape index (κ1) is 85.8. The van der Waals surface area contributed by atoms with E-state index in [4.69, 9.17) is 118 Å². The van der Waals surface area contributed by atoms with Crippen molar-refractivity contribution in [2.45, 2.75) is 264 Å². The predicted molar refractivity (Wildman–Crippen MR) is 319 cm³/mol. The van der Waals surface area contributed by atoms with Crippen LogP contribution in [-0.4, -0.2) is 287 Å². The summed E-state index contributed by atoms with van der Waals surface area (Å²) < 4.78 is 146. The van der Waals surface area contributed by atoms with E-state index in [1.807, 2.05) is 0 Å². The van der Waals surface area contributed by atoms with Gasteiger partial charge in [-0.3, -0.25) is 76.7 Å². The number of carbonyl (C=O) groups excluding carboxylic acids is 16. The fourth-order valence-electron chi connectivity index (χ4n) is 11.3. The molecule has 5 rings (SSSR count). The van der Waals surface area contributed by atoms with Gasteiger partial charge in [-0.15, -0.1) is 0 Å². The van der Waals surface area contributed by atoms with Crippen molar-refractivity contribution < 1.29 is 200 Å². The number of hydrogen-bond donors (Lipinski definition) is 1. The van der Waals surface area contributed by atoms with Gasteiger partial charge in [0, 0.05) is 111 Å². The third-order valence-corrected chi connectivity index (χ3v) is 14.7. The Morgan fingerprint density at radius 2 is 0.356 bits per heavy atom. The average Bonchev–Trinajstić information content (AvgIpc) is 0.756. The molecule has 5 saturated heterocycles. The molecule has 1 unspecified atom stereocenters. The summed E-state index contributed by atoms with van der Waals surface area (Å²) >= 11 is 0. The molecule has 5 aliphatic heterocycles. The lowest BCUT2D eigenvalue weighted by molar-refractivity contribution is -0.396. The molecule has 5 fully saturated rings. The molecule has 0 bridgehead atoms. The zero-order valence-corrected chi connectivity index (χ0v) is 59.2. The van der Waals surface area contributed by atoms with Crippen molar-refractivity contribution >= 4 is 95.5 Å². The minimum Gasteiger partial charge on any atom is -0.463 e. The molecule has 1 N–H and O–H groups in total. The summed E-state index contributed by atoms with van der Waals surface area (Å²) in [7, 11) is 0. The summed E-state index contributed by atoms with van der Waals surface area (Å²) in [5.41, 5.74) is 0. The molecule has 584 valence electrons. The normalized spacial score (nSPS) is 33.0. The number of aliphatic hydroxyl groups excluding tert-OH is 1. The lowest BCUT2D eigenvalue weighted by Gasteiger charge is -2.51. The smallest absolute Gasteiger partial charge is 0.303 e. The number of esters is 16. The largest absolute Gasteiger partial charge is 0.463 e. The van der Waals surface area contributed by atoms with Gasteiger partial charge in [0.1, 0.15) is 81.9 Å². The average molecular weight is 1500 g/mol. The number of ether oxygens (including phenoxy) is 25. The minimum absolute atomic E-state index is 0.745. The van der Waals surface area contributed by atoms with Crippen LogP contribution < -0.4 is 0 Å². The van der Waals surface area contributed by atoms with E-state index in [0.29, 0.717) is 0 Å². The fraction of sp³-hybridized carbons (Fsp3) is 0.742. The van der Waals surface area contributed by atoms with E-state index in [-0.39, 0.29) is 0 Å². The summed E-state index contributed by atoms with van der Waals surface area (Å²) in [6, 6.07) is 0. The van der Waals surface area contributed by atoms with Gasteiger partial charge >= 0.3 is 95.5 Å². The van der Waals surface area contributed by atoms with E-state index in [9.17, 15) is 81.8 Å². The first-order valence-electron chi connectivity index (χ1n) is 31.8. The molecule has 0 amide bonds. The van der Waals surface area contributed by atoms with Crippen LogP contribution in [0.3, 0.4) is 0 Å². The second-order valence-corrected chi connectivity index (χ2v) is 23.5. The molecule has 42 nitrogen and oxygen atoms in total. The SMILES string of the molecule is CC(=O)OC[C@H]1O[C@H](O[C@@H]2[C@H](OC(C)=O)[C@@H](O[C@@H]3[C@H](OC(C)=O)[C@@H](O[C@@H]4[C@H](OC(C)=O)[C@@H](O[C@@H]5C(O)O[C@H](COC(C)=O)[C@@H](OC(C)=O)[C@@H]5OC(C)=O)O[C@H](COC(C)=O)[C@H]4OC(C)=O)O[C@H](COC(C)=O)[C@H]3OC(C)=O)O[C@H](COC(C)=O)[C@H]2OC(C)=O)[C@@H](OC(C)=O)[C@@H](OC(C)=O)[C@@H]1OC(C)=O. The Morgan fingerprint density at radius 3 is 0.558 bits per heavy atom. The first-order chi connectivity index (χ1) is 48.6. The van der Waals surface area contributed by atoms with Crippen molar-refractivity contribution in [1.82, 2.24) is 0 Å². The standard InChI is InChI=1S/C62H84O42/c1-22(63)80-17-38-43(85-27(6)68)48(90-32(11)73)53(58(79)96-38)104-62-57(95-37(16)78)52(47(89-31(10)72)42(100-62)21-84-26(5)67)103-61-56(94-36(15)77)51(46(88-30(9)71)41(99-61)20-83-25(4)66)102-60-55(93-35(14)76)50(45(87-29(8)70)40(98-60)19-82-24(3)65)101-59-54(92-34(13)75)49(91-33(12)74)44(86-28(7)69)39(97-59)18-81-23(2)64/h38-62,79H,17-21H2,1-16H3/t38-,39-,40-,41-,42-,43-,44-,45-,46-,47-,48+,49+,50+,51+,52+,53+,54+,55+,56+,57+,58?,59-,60-,61-,62-/m1/s1. The summed E-state index contributed by atoms with van der Waals surface area (Å²) in [5, 5.41) is 11.8. The molecule has 25 atom stereocenters. The Kier molecular flexibility index (Phi) is 32.4. The maximum atomic E-state index is 13.8. The van der Waals surface area contributed by atoms with E-state index in [2.05, 4.69) is 0 Å². The van der Waals surface area contributed by atoms with E-state index >= 15 is 0 Å². The summed E-state index contributed by atoms with van der Waals surface area (Å²) in [6.07, 6.45) is -53.0. The van der Waals surface area contributed by atoms with Gasteiger partial charge in [0.15, 0.2) is 105 Å². The Bertz CT molecular complexity index is 3110. The number of rotatable bonds is 29. The van der Waals surface area contributed by atoms with Crippen LogP contribution in [0.1, 0.15) is 111 Å². The Morgan fingerprint density at radius 1 is 0.202 bits per heavy atom. The predicted octanol–water partition coefficient (Wildman–Crippen LogP) is -2.79. The molecule has 0 aromatic heterocycles. The number of hydrogen-bond acceptors (Lipinski definition) is 42. The molecule has 0 radical (unpaired) electrons.